The Bertz CT molecular complexity index is 2190. The number of benzene rings is 1. The van der Waals surface area contributed by atoms with Crippen LogP contribution in [-0.2, 0) is 35.6 Å². The normalized spacial score (nSPS) is 21.4. The number of pyridine rings is 1. The number of carbonyl (C=O) groups is 4. The average molecular weight is 937 g/mol. The van der Waals surface area contributed by atoms with Crippen molar-refractivity contribution in [1.29, 1.82) is 0 Å². The van der Waals surface area contributed by atoms with Gasteiger partial charge in [-0.25, -0.2) is 18.2 Å². The fraction of sp³-hybridized carbons (Fsp3) is 0.653. The number of ether oxygens (including phenoxy) is 3. The highest BCUT2D eigenvalue weighted by molar-refractivity contribution is 7.92. The summed E-state index contributed by atoms with van der Waals surface area (Å²) < 4.78 is 47.0. The first-order valence-electron chi connectivity index (χ1n) is 23.8. The summed E-state index contributed by atoms with van der Waals surface area (Å²) in [7, 11) is -4.20. The molecule has 4 aliphatic rings. The third-order valence-corrected chi connectivity index (χ3v) is 16.1. The van der Waals surface area contributed by atoms with Crippen LogP contribution in [0.15, 0.2) is 49.1 Å². The molecule has 364 valence electrons. The van der Waals surface area contributed by atoms with E-state index in [0.717, 1.165) is 49.2 Å². The molecule has 0 radical (unpaired) electrons. The summed E-state index contributed by atoms with van der Waals surface area (Å²) in [5, 5.41) is 15.8. The van der Waals surface area contributed by atoms with E-state index >= 15 is 0 Å². The van der Waals surface area contributed by atoms with Crippen molar-refractivity contribution >= 4 is 44.7 Å². The SMILES string of the molecule is C=C[C@H](C)C(NC(=O)[C@@H]1CC(Oc2nc3ccccc3c(OCCN3CCOCC3)c2CCCCCC2CCCC2)CN1C(=O)[C@@H](NC(=O)O)C(C)(C)C)C(=O)NS(=O)(=O)C1(C(=C)C)CC1. The fourth-order valence-corrected chi connectivity index (χ4v) is 11.3. The summed E-state index contributed by atoms with van der Waals surface area (Å²) in [6.45, 7) is 20.0. The zero-order valence-corrected chi connectivity index (χ0v) is 40.4. The van der Waals surface area contributed by atoms with Crippen LogP contribution in [0.4, 0.5) is 4.79 Å². The molecule has 3 heterocycles. The van der Waals surface area contributed by atoms with E-state index in [1.807, 2.05) is 24.3 Å². The number of hydrogen-bond donors (Lipinski definition) is 4. The number of carbonyl (C=O) groups excluding carboxylic acids is 3. The number of rotatable bonds is 22. The summed E-state index contributed by atoms with van der Waals surface area (Å²) in [6, 6.07) is 3.82. The van der Waals surface area contributed by atoms with Crippen molar-refractivity contribution in [3.05, 3.63) is 54.6 Å². The number of para-hydroxylation sites is 1. The van der Waals surface area contributed by atoms with Crippen molar-refractivity contribution in [2.45, 2.75) is 141 Å². The van der Waals surface area contributed by atoms with Gasteiger partial charge < -0.3 is 34.9 Å². The van der Waals surface area contributed by atoms with E-state index in [-0.39, 0.29) is 13.0 Å². The number of unbranched alkanes of at least 4 members (excludes halogenated alkanes) is 2. The number of likely N-dealkylation sites (tertiary alicyclic amines) is 1. The molecule has 1 aromatic carbocycles. The van der Waals surface area contributed by atoms with Gasteiger partial charge >= 0.3 is 6.09 Å². The maximum Gasteiger partial charge on any atom is 0.405 e. The number of hydrogen-bond acceptors (Lipinski definition) is 11. The second-order valence-electron chi connectivity index (χ2n) is 19.9. The van der Waals surface area contributed by atoms with Crippen molar-refractivity contribution in [2.75, 3.05) is 46.0 Å². The first kappa shape index (κ1) is 50.7. The minimum Gasteiger partial charge on any atom is -0.491 e. The summed E-state index contributed by atoms with van der Waals surface area (Å²) >= 11 is 0. The monoisotopic (exact) mass is 937 g/mol. The lowest BCUT2D eigenvalue weighted by molar-refractivity contribution is -0.142. The highest BCUT2D eigenvalue weighted by atomic mass is 32.2. The minimum atomic E-state index is -4.20. The van der Waals surface area contributed by atoms with Gasteiger partial charge in [-0.2, -0.15) is 0 Å². The fourth-order valence-electron chi connectivity index (χ4n) is 9.62. The van der Waals surface area contributed by atoms with Crippen LogP contribution in [0, 0.1) is 17.3 Å². The third kappa shape index (κ3) is 12.2. The summed E-state index contributed by atoms with van der Waals surface area (Å²) in [6.07, 6.45) is 9.85. The van der Waals surface area contributed by atoms with Crippen LogP contribution in [0.2, 0.25) is 0 Å². The Kier molecular flexibility index (Phi) is 16.8. The topological polar surface area (TPSA) is 206 Å². The van der Waals surface area contributed by atoms with E-state index in [1.54, 1.807) is 34.6 Å². The molecule has 2 aliphatic heterocycles. The summed E-state index contributed by atoms with van der Waals surface area (Å²) in [5.74, 6) is -1.29. The van der Waals surface area contributed by atoms with E-state index in [4.69, 9.17) is 19.2 Å². The molecule has 2 aromatic rings. The second kappa shape index (κ2) is 21.9. The standard InChI is InChI=1S/C49H72N6O10S/c1-8-33(4)40(44(57)53-66(61,62)49(22-23-49)32(2)3)51-43(56)39-30-35(31-55(39)46(58)42(48(5,6)7)52-47(59)60)65-45-37(20-11-9-10-16-34-17-12-13-18-34)41(36-19-14-15-21-38(36)50-45)64-29-26-54-24-27-63-28-25-54/h8,14-15,19,21,33-35,39-40,42,52H,1-2,9-13,16-18,20,22-31H2,3-7H3,(H,51,56)(H,53,57)(H,59,60)/t33-,35?,39-,40?,42+/m0/s1. The molecule has 0 bridgehead atoms. The molecule has 2 aliphatic carbocycles. The largest absolute Gasteiger partial charge is 0.491 e. The molecule has 1 aromatic heterocycles. The molecule has 16 nitrogen and oxygen atoms in total. The lowest BCUT2D eigenvalue weighted by Crippen LogP contribution is -2.60. The Morgan fingerprint density at radius 1 is 1.06 bits per heavy atom. The molecule has 5 atom stereocenters. The Hall–Kier alpha value is -4.74. The smallest absolute Gasteiger partial charge is 0.405 e. The maximum absolute atomic E-state index is 14.6. The maximum atomic E-state index is 14.6. The Morgan fingerprint density at radius 2 is 1.76 bits per heavy atom. The van der Waals surface area contributed by atoms with Gasteiger partial charge in [0.15, 0.2) is 0 Å². The minimum absolute atomic E-state index is 0.0437. The van der Waals surface area contributed by atoms with Crippen LogP contribution < -0.4 is 24.8 Å². The van der Waals surface area contributed by atoms with Gasteiger partial charge in [0.05, 0.1) is 30.8 Å². The molecule has 2 unspecified atom stereocenters. The van der Waals surface area contributed by atoms with Crippen molar-refractivity contribution < 1.29 is 46.9 Å². The van der Waals surface area contributed by atoms with Gasteiger partial charge in [0.1, 0.15) is 41.3 Å². The number of aromatic nitrogens is 1. The quantitative estimate of drug-likeness (QED) is 0.0778. The highest BCUT2D eigenvalue weighted by Gasteiger charge is 2.56. The number of amides is 4. The van der Waals surface area contributed by atoms with Crippen LogP contribution in [0.1, 0.15) is 111 Å². The first-order chi connectivity index (χ1) is 31.3. The van der Waals surface area contributed by atoms with Crippen LogP contribution in [0.25, 0.3) is 10.9 Å². The Morgan fingerprint density at radius 3 is 2.39 bits per heavy atom. The number of morpholine rings is 1. The Balaban J connectivity index is 1.31. The molecule has 2 saturated carbocycles. The molecule has 4 N–H and O–H groups in total. The van der Waals surface area contributed by atoms with Gasteiger partial charge in [0.25, 0.3) is 5.91 Å². The van der Waals surface area contributed by atoms with Gasteiger partial charge in [0.2, 0.25) is 27.7 Å². The lowest BCUT2D eigenvalue weighted by Gasteiger charge is -2.35. The zero-order chi connectivity index (χ0) is 47.8. The lowest BCUT2D eigenvalue weighted by atomic mass is 9.85. The van der Waals surface area contributed by atoms with E-state index in [2.05, 4.69) is 33.4 Å². The molecular formula is C49H72N6O10S. The van der Waals surface area contributed by atoms with Crippen molar-refractivity contribution in [3.63, 3.8) is 0 Å². The summed E-state index contributed by atoms with van der Waals surface area (Å²) in [5.41, 5.74) is 0.941. The molecule has 17 heteroatoms. The number of nitrogens with zero attached hydrogens (tertiary/aromatic N) is 3. The van der Waals surface area contributed by atoms with Gasteiger partial charge in [-0.3, -0.25) is 24.0 Å². The molecular weight excluding hydrogens is 865 g/mol. The number of fused-ring (bicyclic) bond motifs is 1. The van der Waals surface area contributed by atoms with Crippen LogP contribution in [-0.4, -0.2) is 127 Å². The second-order valence-corrected chi connectivity index (χ2v) is 21.8. The average Bonchev–Trinajstić information content (AvgIpc) is 3.77. The van der Waals surface area contributed by atoms with E-state index in [9.17, 15) is 32.7 Å². The van der Waals surface area contributed by atoms with Crippen LogP contribution in [0.5, 0.6) is 11.6 Å². The third-order valence-electron chi connectivity index (χ3n) is 13.9. The molecule has 4 amide bonds. The number of carboxylic acid groups (broad SMARTS) is 1. The van der Waals surface area contributed by atoms with Crippen LogP contribution in [0.3, 0.4) is 0 Å². The molecule has 2 saturated heterocycles. The highest BCUT2D eigenvalue weighted by Crippen LogP contribution is 2.48. The first-order valence-corrected chi connectivity index (χ1v) is 25.3. The molecule has 6 rings (SSSR count). The molecule has 4 fully saturated rings. The van der Waals surface area contributed by atoms with Crippen molar-refractivity contribution in [2.24, 2.45) is 17.3 Å². The van der Waals surface area contributed by atoms with Gasteiger partial charge in [-0.05, 0) is 56.1 Å². The van der Waals surface area contributed by atoms with Crippen molar-refractivity contribution in [1.82, 2.24) is 30.1 Å². The molecule has 66 heavy (non-hydrogen) atoms. The number of sulfonamides is 1. The van der Waals surface area contributed by atoms with E-state index in [0.29, 0.717) is 68.3 Å². The van der Waals surface area contributed by atoms with E-state index in [1.165, 1.54) is 43.1 Å². The predicted octanol–water partition coefficient (Wildman–Crippen LogP) is 6.13. The number of nitrogens with one attached hydrogen (secondary N) is 3. The van der Waals surface area contributed by atoms with Gasteiger partial charge in [-0.1, -0.05) is 103 Å². The molecule has 0 spiro atoms. The van der Waals surface area contributed by atoms with Gasteiger partial charge in [0, 0.05) is 37.4 Å². The zero-order valence-electron chi connectivity index (χ0n) is 39.6. The van der Waals surface area contributed by atoms with E-state index < -0.39 is 74.1 Å². The van der Waals surface area contributed by atoms with Crippen LogP contribution >= 0.6 is 0 Å². The van der Waals surface area contributed by atoms with Gasteiger partial charge in [-0.15, -0.1) is 6.58 Å². The Labute approximate surface area is 390 Å². The summed E-state index contributed by atoms with van der Waals surface area (Å²) in [4.78, 5) is 63.7. The van der Waals surface area contributed by atoms with Crippen molar-refractivity contribution in [3.8, 4) is 11.6 Å². The predicted molar refractivity (Wildman–Crippen MR) is 253 cm³/mol.